The van der Waals surface area contributed by atoms with Crippen molar-refractivity contribution in [2.45, 2.75) is 90.9 Å². The van der Waals surface area contributed by atoms with Gasteiger partial charge in [0.1, 0.15) is 11.6 Å². The van der Waals surface area contributed by atoms with Crippen molar-refractivity contribution in [3.8, 4) is 0 Å². The zero-order chi connectivity index (χ0) is 19.0. The van der Waals surface area contributed by atoms with Gasteiger partial charge in [-0.15, -0.1) is 0 Å². The third-order valence-corrected chi connectivity index (χ3v) is 4.30. The summed E-state index contributed by atoms with van der Waals surface area (Å²) < 4.78 is 0. The fourth-order valence-corrected chi connectivity index (χ4v) is 2.76. The molecule has 26 heavy (non-hydrogen) atoms. The Morgan fingerprint density at radius 3 is 1.58 bits per heavy atom. The largest absolute Gasteiger partial charge is 0.311 e. The van der Waals surface area contributed by atoms with E-state index in [0.29, 0.717) is 24.5 Å². The van der Waals surface area contributed by atoms with Gasteiger partial charge in [-0.2, -0.15) is 0 Å². The second kappa shape index (κ2) is 14.3. The van der Waals surface area contributed by atoms with E-state index in [2.05, 4.69) is 29.5 Å². The van der Waals surface area contributed by atoms with Crippen LogP contribution < -0.4 is 10.6 Å². The van der Waals surface area contributed by atoms with Crippen molar-refractivity contribution in [1.29, 1.82) is 0 Å². The standard InChI is InChI=1S/C21H35N3O2/c1-3-5-7-9-11-16-20(25)23-18-14-13-15-19(22-18)24-21(26)17-12-10-8-6-4-2/h13-15H,3-12,16-17H2,1-2H3,(H2,22,23,24,25,26). The molecular weight excluding hydrogens is 326 g/mol. The van der Waals surface area contributed by atoms with Crippen LogP contribution in [0.2, 0.25) is 0 Å². The molecule has 2 N–H and O–H groups in total. The minimum absolute atomic E-state index is 0.0200. The molecule has 5 heteroatoms. The number of carbonyl (C=O) groups is 2. The van der Waals surface area contributed by atoms with Gasteiger partial charge in [0, 0.05) is 12.8 Å². The van der Waals surface area contributed by atoms with Crippen LogP contribution in [0.5, 0.6) is 0 Å². The summed E-state index contributed by atoms with van der Waals surface area (Å²) >= 11 is 0. The maximum atomic E-state index is 12.0. The normalized spacial score (nSPS) is 10.5. The highest BCUT2D eigenvalue weighted by molar-refractivity contribution is 5.91. The van der Waals surface area contributed by atoms with E-state index in [1.807, 2.05) is 0 Å². The third kappa shape index (κ3) is 10.9. The van der Waals surface area contributed by atoms with Crippen molar-refractivity contribution in [2.75, 3.05) is 10.6 Å². The molecule has 1 heterocycles. The van der Waals surface area contributed by atoms with Crippen LogP contribution in [0.1, 0.15) is 90.9 Å². The van der Waals surface area contributed by atoms with E-state index in [9.17, 15) is 9.59 Å². The average molecular weight is 362 g/mol. The first-order valence-electron chi connectivity index (χ1n) is 10.2. The van der Waals surface area contributed by atoms with Crippen molar-refractivity contribution < 1.29 is 9.59 Å². The van der Waals surface area contributed by atoms with Crippen LogP contribution in [0.15, 0.2) is 18.2 Å². The zero-order valence-electron chi connectivity index (χ0n) is 16.5. The van der Waals surface area contributed by atoms with Gasteiger partial charge in [-0.1, -0.05) is 71.3 Å². The molecule has 0 saturated carbocycles. The molecule has 0 aliphatic rings. The average Bonchev–Trinajstić information content (AvgIpc) is 2.61. The van der Waals surface area contributed by atoms with Crippen molar-refractivity contribution in [3.05, 3.63) is 18.2 Å². The van der Waals surface area contributed by atoms with Crippen molar-refractivity contribution >= 4 is 23.5 Å². The molecule has 5 nitrogen and oxygen atoms in total. The van der Waals surface area contributed by atoms with Gasteiger partial charge in [-0.25, -0.2) is 4.98 Å². The molecule has 0 aliphatic heterocycles. The molecule has 1 aromatic heterocycles. The van der Waals surface area contributed by atoms with E-state index >= 15 is 0 Å². The molecule has 0 bridgehead atoms. The van der Waals surface area contributed by atoms with Gasteiger partial charge in [-0.05, 0) is 25.0 Å². The Bertz CT molecular complexity index is 488. The Hall–Kier alpha value is -1.91. The van der Waals surface area contributed by atoms with Crippen LogP contribution in [0.4, 0.5) is 11.6 Å². The van der Waals surface area contributed by atoms with Crippen molar-refractivity contribution in [1.82, 2.24) is 4.98 Å². The quantitative estimate of drug-likeness (QED) is 0.419. The van der Waals surface area contributed by atoms with Crippen LogP contribution in [0.3, 0.4) is 0 Å². The van der Waals surface area contributed by atoms with Gasteiger partial charge in [-0.3, -0.25) is 9.59 Å². The summed E-state index contributed by atoms with van der Waals surface area (Å²) in [6.45, 7) is 4.35. The molecule has 0 radical (unpaired) electrons. The predicted molar refractivity (Wildman–Crippen MR) is 108 cm³/mol. The first-order chi connectivity index (χ1) is 12.7. The summed E-state index contributed by atoms with van der Waals surface area (Å²) in [5.74, 6) is 0.940. The Balaban J connectivity index is 2.30. The summed E-state index contributed by atoms with van der Waals surface area (Å²) in [4.78, 5) is 28.2. The number of anilines is 2. The van der Waals surface area contributed by atoms with Gasteiger partial charge in [0.05, 0.1) is 0 Å². The van der Waals surface area contributed by atoms with Gasteiger partial charge < -0.3 is 10.6 Å². The van der Waals surface area contributed by atoms with Crippen molar-refractivity contribution in [3.63, 3.8) is 0 Å². The molecule has 0 saturated heterocycles. The number of carbonyl (C=O) groups excluding carboxylic acids is 2. The van der Waals surface area contributed by atoms with Gasteiger partial charge >= 0.3 is 0 Å². The monoisotopic (exact) mass is 361 g/mol. The van der Waals surface area contributed by atoms with Crippen molar-refractivity contribution in [2.24, 2.45) is 0 Å². The molecule has 0 aromatic carbocycles. The SMILES string of the molecule is CCCCCCCC(=O)Nc1cccc(NC(=O)CCCCCCC)n1. The minimum Gasteiger partial charge on any atom is -0.311 e. The third-order valence-electron chi connectivity index (χ3n) is 4.30. The van der Waals surface area contributed by atoms with E-state index in [0.717, 1.165) is 25.7 Å². The maximum absolute atomic E-state index is 12.0. The number of pyridine rings is 1. The predicted octanol–water partition coefficient (Wildman–Crippen LogP) is 5.68. The smallest absolute Gasteiger partial charge is 0.225 e. The highest BCUT2D eigenvalue weighted by Gasteiger charge is 2.06. The first kappa shape index (κ1) is 22.1. The van der Waals surface area contributed by atoms with E-state index in [1.165, 1.54) is 38.5 Å². The van der Waals surface area contributed by atoms with E-state index in [4.69, 9.17) is 0 Å². The Kier molecular flexibility index (Phi) is 12.2. The van der Waals surface area contributed by atoms with Crippen LogP contribution in [-0.2, 0) is 9.59 Å². The zero-order valence-corrected chi connectivity index (χ0v) is 16.5. The summed E-state index contributed by atoms with van der Waals surface area (Å²) in [6.07, 6.45) is 12.2. The lowest BCUT2D eigenvalue weighted by atomic mass is 10.1. The lowest BCUT2D eigenvalue weighted by Crippen LogP contribution is -2.15. The molecule has 0 aliphatic carbocycles. The Morgan fingerprint density at radius 1 is 0.731 bits per heavy atom. The molecule has 1 aromatic rings. The molecule has 2 amide bonds. The van der Waals surface area contributed by atoms with Crippen LogP contribution in [-0.4, -0.2) is 16.8 Å². The summed E-state index contributed by atoms with van der Waals surface area (Å²) in [7, 11) is 0. The Morgan fingerprint density at radius 2 is 1.15 bits per heavy atom. The Labute approximate surface area is 158 Å². The number of unbranched alkanes of at least 4 members (excludes halogenated alkanes) is 8. The topological polar surface area (TPSA) is 71.1 Å². The second-order valence-electron chi connectivity index (χ2n) is 6.83. The first-order valence-corrected chi connectivity index (χ1v) is 10.2. The van der Waals surface area contributed by atoms with Crippen LogP contribution >= 0.6 is 0 Å². The second-order valence-corrected chi connectivity index (χ2v) is 6.83. The highest BCUT2D eigenvalue weighted by atomic mass is 16.2. The highest BCUT2D eigenvalue weighted by Crippen LogP contribution is 2.12. The fourth-order valence-electron chi connectivity index (χ4n) is 2.76. The van der Waals surface area contributed by atoms with Crippen LogP contribution in [0, 0.1) is 0 Å². The molecule has 0 unspecified atom stereocenters. The molecule has 1 rings (SSSR count). The number of hydrogen-bond acceptors (Lipinski definition) is 3. The number of rotatable bonds is 14. The van der Waals surface area contributed by atoms with E-state index in [1.54, 1.807) is 18.2 Å². The number of aromatic nitrogens is 1. The fraction of sp³-hybridized carbons (Fsp3) is 0.667. The number of amides is 2. The summed E-state index contributed by atoms with van der Waals surface area (Å²) in [5, 5.41) is 5.62. The summed E-state index contributed by atoms with van der Waals surface area (Å²) in [5.41, 5.74) is 0. The van der Waals surface area contributed by atoms with Gasteiger partial charge in [0.25, 0.3) is 0 Å². The van der Waals surface area contributed by atoms with Gasteiger partial charge in [0.15, 0.2) is 0 Å². The number of hydrogen-bond donors (Lipinski definition) is 2. The van der Waals surface area contributed by atoms with Crippen LogP contribution in [0.25, 0.3) is 0 Å². The lowest BCUT2D eigenvalue weighted by Gasteiger charge is -2.08. The molecule has 0 fully saturated rings. The maximum Gasteiger partial charge on any atom is 0.225 e. The summed E-state index contributed by atoms with van der Waals surface area (Å²) in [6, 6.07) is 5.28. The minimum atomic E-state index is -0.0200. The van der Waals surface area contributed by atoms with Gasteiger partial charge in [0.2, 0.25) is 11.8 Å². The van der Waals surface area contributed by atoms with E-state index < -0.39 is 0 Å². The lowest BCUT2D eigenvalue weighted by molar-refractivity contribution is -0.117. The molecular formula is C21H35N3O2. The van der Waals surface area contributed by atoms with E-state index in [-0.39, 0.29) is 11.8 Å². The molecule has 0 spiro atoms. The molecule has 0 atom stereocenters. The number of nitrogens with zero attached hydrogens (tertiary/aromatic N) is 1. The molecule has 146 valence electrons. The number of nitrogens with one attached hydrogen (secondary N) is 2.